The molecule has 0 radical (unpaired) electrons. The van der Waals surface area contributed by atoms with E-state index in [2.05, 4.69) is 27.0 Å². The molecule has 362 valence electrons. The number of nitrogens with two attached hydrogens (primary N) is 1. The van der Waals surface area contributed by atoms with E-state index in [1.165, 1.54) is 0 Å². The molecule has 4 aromatic rings. The number of ether oxygens (including phenoxy) is 1. The highest BCUT2D eigenvalue weighted by Gasteiger charge is 2.43. The molecule has 1 saturated heterocycles. The highest BCUT2D eigenvalue weighted by atomic mass is 32.1. The Morgan fingerprint density at radius 2 is 1.63 bits per heavy atom. The van der Waals surface area contributed by atoms with Gasteiger partial charge in [0.2, 0.25) is 35.4 Å². The second-order valence-corrected chi connectivity index (χ2v) is 20.4. The first kappa shape index (κ1) is 50.0. The fraction of sp³-hybridized carbons (Fsp3) is 0.491. The lowest BCUT2D eigenvalue weighted by Crippen LogP contribution is -2.57. The molecule has 0 aliphatic carbocycles. The summed E-state index contributed by atoms with van der Waals surface area (Å²) in [5.41, 5.74) is 14.9. The number of unbranched alkanes of at least 4 members (excludes halogenated alkanes) is 2. The number of likely N-dealkylation sites (tertiary alicyclic amines) is 1. The molecule has 0 saturated carbocycles. The van der Waals surface area contributed by atoms with Gasteiger partial charge in [0, 0.05) is 38.8 Å². The van der Waals surface area contributed by atoms with Gasteiger partial charge in [-0.05, 0) is 97.1 Å². The zero-order chi connectivity index (χ0) is 48.4. The fourth-order valence-electron chi connectivity index (χ4n) is 9.69. The third-order valence-electron chi connectivity index (χ3n) is 13.4. The first-order valence-electron chi connectivity index (χ1n) is 24.2. The summed E-state index contributed by atoms with van der Waals surface area (Å²) in [4.78, 5) is 88.5. The van der Waals surface area contributed by atoms with Crippen LogP contribution in [-0.2, 0) is 65.9 Å². The Bertz CT molecular complexity index is 2450. The van der Waals surface area contributed by atoms with Gasteiger partial charge in [0.1, 0.15) is 18.1 Å². The summed E-state index contributed by atoms with van der Waals surface area (Å²) in [6.07, 6.45) is 7.36. The SMILES string of the molecule is Cc1ncsc1-c1ccc(CNC(=O)[C@@H]2CCCN2C(=O)[C@@H](NC(=O)CCCCCc2ccccc2COC[C@H](CCC(N)=O)NC(=O)[C@@H]2Cc3cccc4c3N2C(=O)CCC4)C(C)(C)C)cc1. The van der Waals surface area contributed by atoms with Gasteiger partial charge >= 0.3 is 0 Å². The highest BCUT2D eigenvalue weighted by Crippen LogP contribution is 2.39. The van der Waals surface area contributed by atoms with Crippen LogP contribution < -0.4 is 26.6 Å². The van der Waals surface area contributed by atoms with E-state index in [4.69, 9.17) is 10.5 Å². The van der Waals surface area contributed by atoms with Crippen molar-refractivity contribution in [2.75, 3.05) is 18.1 Å². The molecule has 4 heterocycles. The highest BCUT2D eigenvalue weighted by molar-refractivity contribution is 7.13. The van der Waals surface area contributed by atoms with E-state index >= 15 is 0 Å². The monoisotopic (exact) mass is 945 g/mol. The number of carbonyl (C=O) groups excluding carboxylic acids is 6. The van der Waals surface area contributed by atoms with Gasteiger partial charge in [-0.3, -0.25) is 33.7 Å². The smallest absolute Gasteiger partial charge is 0.246 e. The number of rotatable bonds is 21. The Hall–Kier alpha value is -5.93. The number of aryl methyl sites for hydroxylation is 3. The molecular formula is C53H67N7O7S. The third kappa shape index (κ3) is 12.6. The Morgan fingerprint density at radius 3 is 2.37 bits per heavy atom. The number of para-hydroxylation sites is 1. The number of benzene rings is 3. The van der Waals surface area contributed by atoms with Crippen LogP contribution in [0.3, 0.4) is 0 Å². The Labute approximate surface area is 404 Å². The predicted octanol–water partition coefficient (Wildman–Crippen LogP) is 6.62. The number of hydrogen-bond donors (Lipinski definition) is 4. The van der Waals surface area contributed by atoms with Crippen LogP contribution >= 0.6 is 11.3 Å². The summed E-state index contributed by atoms with van der Waals surface area (Å²) in [6.45, 7) is 9.04. The maximum absolute atomic E-state index is 14.1. The lowest BCUT2D eigenvalue weighted by atomic mass is 9.85. The first-order valence-corrected chi connectivity index (χ1v) is 25.1. The average Bonchev–Trinajstić information content (AvgIpc) is 4.06. The van der Waals surface area contributed by atoms with Crippen molar-refractivity contribution in [1.29, 1.82) is 0 Å². The van der Waals surface area contributed by atoms with Crippen LogP contribution in [0.2, 0.25) is 0 Å². The maximum Gasteiger partial charge on any atom is 0.246 e. The molecule has 0 unspecified atom stereocenters. The van der Waals surface area contributed by atoms with Gasteiger partial charge in [-0.25, -0.2) is 4.98 Å². The number of nitrogens with one attached hydrogen (secondary N) is 3. The molecule has 5 N–H and O–H groups in total. The van der Waals surface area contributed by atoms with Crippen LogP contribution in [0.15, 0.2) is 72.2 Å². The second kappa shape index (κ2) is 22.9. The molecule has 15 heteroatoms. The minimum atomic E-state index is -0.784. The normalized spacial score (nSPS) is 17.6. The molecule has 1 aromatic heterocycles. The van der Waals surface area contributed by atoms with Crippen molar-refractivity contribution in [3.05, 3.63) is 106 Å². The number of amides is 6. The van der Waals surface area contributed by atoms with Crippen molar-refractivity contribution in [1.82, 2.24) is 25.8 Å². The van der Waals surface area contributed by atoms with Crippen molar-refractivity contribution in [2.45, 2.75) is 148 Å². The van der Waals surface area contributed by atoms with Gasteiger partial charge < -0.3 is 31.3 Å². The number of carbonyl (C=O) groups is 6. The number of anilines is 1. The summed E-state index contributed by atoms with van der Waals surface area (Å²) in [7, 11) is 0. The summed E-state index contributed by atoms with van der Waals surface area (Å²) in [5.74, 6) is -1.41. The molecule has 3 aromatic carbocycles. The maximum atomic E-state index is 14.1. The summed E-state index contributed by atoms with van der Waals surface area (Å²) in [5, 5.41) is 9.15. The molecule has 4 atom stereocenters. The van der Waals surface area contributed by atoms with E-state index in [-0.39, 0.29) is 49.0 Å². The van der Waals surface area contributed by atoms with Gasteiger partial charge in [0.05, 0.1) is 41.0 Å². The third-order valence-corrected chi connectivity index (χ3v) is 14.4. The van der Waals surface area contributed by atoms with Crippen LogP contribution in [0.4, 0.5) is 5.69 Å². The van der Waals surface area contributed by atoms with Crippen molar-refractivity contribution in [2.24, 2.45) is 11.1 Å². The number of nitrogens with zero attached hydrogens (tertiary/aromatic N) is 3. The van der Waals surface area contributed by atoms with Crippen LogP contribution in [0.25, 0.3) is 10.4 Å². The van der Waals surface area contributed by atoms with Crippen LogP contribution in [0.5, 0.6) is 0 Å². The number of aromatic nitrogens is 1. The lowest BCUT2D eigenvalue weighted by molar-refractivity contribution is -0.143. The number of primary amides is 1. The molecule has 14 nitrogen and oxygen atoms in total. The van der Waals surface area contributed by atoms with Crippen molar-refractivity contribution in [3.63, 3.8) is 0 Å². The minimum Gasteiger partial charge on any atom is -0.375 e. The summed E-state index contributed by atoms with van der Waals surface area (Å²) in [6, 6.07) is 19.6. The Morgan fingerprint density at radius 1 is 0.868 bits per heavy atom. The van der Waals surface area contributed by atoms with Crippen molar-refractivity contribution >= 4 is 52.5 Å². The van der Waals surface area contributed by atoms with E-state index in [0.717, 1.165) is 81.7 Å². The standard InChI is InChI=1S/C53H67N7O7S/c1-34-48(68-33-56-34)38-24-22-35(23-25-38)30-55-50(64)42-19-12-28-59(42)52(66)49(53(2,3)4)58-45(62)20-7-5-6-13-36-14-8-9-15-40(36)31-67-32-41(26-27-44(54)61)57-51(65)43-29-39-18-10-16-37-17-11-21-46(63)60(43)47(37)39/h8-10,14-16,18,22-25,33,41-43,49H,5-7,11-13,17,19-21,26-32H2,1-4H3,(H2,54,61)(H,55,64)(H,57,65)(H,58,62)/t41-,42-,43-,49+/m0/s1. The van der Waals surface area contributed by atoms with E-state index in [0.29, 0.717) is 58.2 Å². The molecule has 3 aliphatic heterocycles. The zero-order valence-electron chi connectivity index (χ0n) is 39.9. The topological polar surface area (TPSA) is 193 Å². The van der Waals surface area contributed by atoms with Crippen LogP contribution in [0.1, 0.15) is 118 Å². The van der Waals surface area contributed by atoms with E-state index < -0.39 is 35.5 Å². The van der Waals surface area contributed by atoms with Gasteiger partial charge in [-0.15, -0.1) is 11.3 Å². The second-order valence-electron chi connectivity index (χ2n) is 19.6. The van der Waals surface area contributed by atoms with E-state index in [1.807, 2.05) is 93.9 Å². The summed E-state index contributed by atoms with van der Waals surface area (Å²) >= 11 is 1.60. The quantitative estimate of drug-likeness (QED) is 0.0670. The van der Waals surface area contributed by atoms with Crippen LogP contribution in [-0.4, -0.2) is 82.6 Å². The molecular weight excluding hydrogens is 879 g/mol. The summed E-state index contributed by atoms with van der Waals surface area (Å²) < 4.78 is 6.20. The molecule has 6 amide bonds. The van der Waals surface area contributed by atoms with Gasteiger partial charge in [0.25, 0.3) is 0 Å². The largest absolute Gasteiger partial charge is 0.375 e. The molecule has 68 heavy (non-hydrogen) atoms. The molecule has 0 bridgehead atoms. The predicted molar refractivity (Wildman–Crippen MR) is 263 cm³/mol. The minimum absolute atomic E-state index is 0.0489. The zero-order valence-corrected chi connectivity index (χ0v) is 40.8. The lowest BCUT2D eigenvalue weighted by Gasteiger charge is -2.35. The Balaban J connectivity index is 0.853. The fourth-order valence-corrected chi connectivity index (χ4v) is 10.5. The van der Waals surface area contributed by atoms with Gasteiger partial charge in [-0.1, -0.05) is 93.9 Å². The van der Waals surface area contributed by atoms with Gasteiger partial charge in [-0.2, -0.15) is 0 Å². The average molecular weight is 946 g/mol. The molecule has 7 rings (SSSR count). The number of hydrogen-bond acceptors (Lipinski definition) is 9. The Kier molecular flexibility index (Phi) is 16.8. The molecule has 0 spiro atoms. The van der Waals surface area contributed by atoms with E-state index in [9.17, 15) is 28.8 Å². The van der Waals surface area contributed by atoms with E-state index in [1.54, 1.807) is 21.1 Å². The van der Waals surface area contributed by atoms with Crippen molar-refractivity contribution < 1.29 is 33.5 Å². The first-order chi connectivity index (χ1) is 32.7. The van der Waals surface area contributed by atoms with Gasteiger partial charge in [0.15, 0.2) is 0 Å². The molecule has 1 fully saturated rings. The van der Waals surface area contributed by atoms with Crippen molar-refractivity contribution in [3.8, 4) is 10.4 Å². The number of thiazole rings is 1. The van der Waals surface area contributed by atoms with Crippen LogP contribution in [0, 0.1) is 12.3 Å². The molecule has 3 aliphatic rings.